The number of fused-ring (bicyclic) bond motifs is 1. The zero-order valence-corrected chi connectivity index (χ0v) is 30.7. The van der Waals surface area contributed by atoms with Crippen LogP contribution in [-0.2, 0) is 19.1 Å². The molecule has 0 saturated carbocycles. The van der Waals surface area contributed by atoms with E-state index in [2.05, 4.69) is 35.3 Å². The summed E-state index contributed by atoms with van der Waals surface area (Å²) in [6.07, 6.45) is 9.56. The maximum atomic E-state index is 13.5. The third-order valence-electron chi connectivity index (χ3n) is 9.81. The van der Waals surface area contributed by atoms with E-state index in [0.29, 0.717) is 24.7 Å². The summed E-state index contributed by atoms with van der Waals surface area (Å²) < 4.78 is 11.3. The Labute approximate surface area is 309 Å². The van der Waals surface area contributed by atoms with Gasteiger partial charge >= 0.3 is 12.2 Å². The molecule has 53 heavy (non-hydrogen) atoms. The van der Waals surface area contributed by atoms with E-state index in [1.54, 1.807) is 22.2 Å². The molecule has 0 spiro atoms. The van der Waals surface area contributed by atoms with Crippen LogP contribution in [0.25, 0.3) is 38.0 Å². The number of ether oxygens (including phenoxy) is 2. The van der Waals surface area contributed by atoms with E-state index < -0.39 is 18.2 Å². The molecule has 4 amide bonds. The van der Waals surface area contributed by atoms with Crippen LogP contribution in [0.5, 0.6) is 0 Å². The predicted molar refractivity (Wildman–Crippen MR) is 196 cm³/mol. The van der Waals surface area contributed by atoms with Crippen LogP contribution in [0.1, 0.15) is 63.3 Å². The molecule has 4 aromatic heterocycles. The van der Waals surface area contributed by atoms with Crippen LogP contribution in [-0.4, -0.2) is 103 Å². The highest BCUT2D eigenvalue weighted by molar-refractivity contribution is 7.20. The molecule has 5 aromatic rings. The summed E-state index contributed by atoms with van der Waals surface area (Å²) >= 11 is 1.54. The van der Waals surface area contributed by atoms with Gasteiger partial charge in [0, 0.05) is 31.0 Å². The second kappa shape index (κ2) is 15.1. The number of nitrogens with zero attached hydrogens (tertiary/aromatic N) is 6. The van der Waals surface area contributed by atoms with E-state index in [1.807, 2.05) is 54.9 Å². The maximum Gasteiger partial charge on any atom is 0.407 e. The second-order valence-electron chi connectivity index (χ2n) is 13.5. The largest absolute Gasteiger partial charge is 0.453 e. The Balaban J connectivity index is 1.01. The highest BCUT2D eigenvalue weighted by Crippen LogP contribution is 2.35. The van der Waals surface area contributed by atoms with Gasteiger partial charge in [0.05, 0.1) is 60.7 Å². The quantitative estimate of drug-likeness (QED) is 0.154. The van der Waals surface area contributed by atoms with Crippen LogP contribution in [0.2, 0.25) is 0 Å². The number of imidazole rings is 3. The lowest BCUT2D eigenvalue weighted by molar-refractivity contribution is -0.135. The van der Waals surface area contributed by atoms with Crippen molar-refractivity contribution < 1.29 is 28.7 Å². The molecule has 7 rings (SSSR count). The van der Waals surface area contributed by atoms with Gasteiger partial charge in [0.2, 0.25) is 11.8 Å². The van der Waals surface area contributed by atoms with Gasteiger partial charge in [-0.2, -0.15) is 0 Å². The number of amides is 4. The number of aromatic amines is 2. The van der Waals surface area contributed by atoms with Crippen molar-refractivity contribution in [3.8, 4) is 33.1 Å². The Bertz CT molecular complexity index is 2090. The van der Waals surface area contributed by atoms with Crippen LogP contribution < -0.4 is 10.6 Å². The molecule has 2 aliphatic heterocycles. The van der Waals surface area contributed by atoms with Gasteiger partial charge < -0.3 is 39.9 Å². The highest BCUT2D eigenvalue weighted by Gasteiger charge is 2.37. The van der Waals surface area contributed by atoms with Gasteiger partial charge in [-0.1, -0.05) is 49.4 Å². The Morgan fingerprint density at radius 3 is 2.15 bits per heavy atom. The molecule has 0 radical (unpaired) electrons. The number of H-pyrrole nitrogens is 2. The molecule has 0 bridgehead atoms. The van der Waals surface area contributed by atoms with E-state index in [9.17, 15) is 19.2 Å². The monoisotopic (exact) mass is 742 g/mol. The molecule has 1 unspecified atom stereocenters. The first-order valence-corrected chi connectivity index (χ1v) is 18.4. The topological polar surface area (TPSA) is 192 Å². The number of benzene rings is 1. The van der Waals surface area contributed by atoms with Gasteiger partial charge in [-0.05, 0) is 37.2 Å². The summed E-state index contributed by atoms with van der Waals surface area (Å²) in [6, 6.07) is 7.00. The standard InChI is InChI=1S/C36H42N10O6S/c1-20(2)30(43-36(50)52-4)33(48)46-14-6-8-27(46)32-37-15-23(40-32)21-9-11-22(12-10-21)25-18-44-19-28(53-34(44)42-25)24-16-38-31(41-24)26-7-5-13-45(26)29(47)17-39-35(49)51-3/h9-12,15-16,18-20,26-27,30H,5-8,13-14,17H2,1-4H3,(H,37,40)(H,38,41)(H,39,49)(H,43,50)/t26?,27-,30-/m0/s1. The van der Waals surface area contributed by atoms with E-state index in [1.165, 1.54) is 25.6 Å². The minimum Gasteiger partial charge on any atom is -0.453 e. The number of hydrogen-bond donors (Lipinski definition) is 4. The molecule has 17 heteroatoms. The van der Waals surface area contributed by atoms with Crippen molar-refractivity contribution in [1.29, 1.82) is 0 Å². The molecular weight excluding hydrogens is 701 g/mol. The first-order chi connectivity index (χ1) is 25.6. The van der Waals surface area contributed by atoms with E-state index >= 15 is 0 Å². The van der Waals surface area contributed by atoms with Crippen LogP contribution in [0.4, 0.5) is 9.59 Å². The minimum atomic E-state index is -0.690. The number of carbonyl (C=O) groups excluding carboxylic acids is 4. The van der Waals surface area contributed by atoms with Gasteiger partial charge in [-0.3, -0.25) is 14.0 Å². The first kappa shape index (κ1) is 35.7. The molecule has 6 heterocycles. The Morgan fingerprint density at radius 2 is 1.49 bits per heavy atom. The summed E-state index contributed by atoms with van der Waals surface area (Å²) in [5.41, 5.74) is 4.45. The normalized spacial score (nSPS) is 17.8. The number of aromatic nitrogens is 6. The fourth-order valence-electron chi connectivity index (χ4n) is 7.03. The zero-order chi connectivity index (χ0) is 37.2. The molecule has 2 saturated heterocycles. The number of methoxy groups -OCH3 is 2. The molecule has 2 aliphatic rings. The number of likely N-dealkylation sites (tertiary alicyclic amines) is 2. The fourth-order valence-corrected chi connectivity index (χ4v) is 7.96. The lowest BCUT2D eigenvalue weighted by Crippen LogP contribution is -2.51. The number of rotatable bonds is 10. The van der Waals surface area contributed by atoms with Crippen molar-refractivity contribution in [1.82, 2.24) is 49.8 Å². The van der Waals surface area contributed by atoms with Crippen molar-refractivity contribution in [3.63, 3.8) is 0 Å². The van der Waals surface area contributed by atoms with Gasteiger partial charge in [0.1, 0.15) is 24.2 Å². The van der Waals surface area contributed by atoms with Crippen molar-refractivity contribution >= 4 is 40.3 Å². The second-order valence-corrected chi connectivity index (χ2v) is 14.5. The van der Waals surface area contributed by atoms with Crippen LogP contribution in [0.3, 0.4) is 0 Å². The predicted octanol–water partition coefficient (Wildman–Crippen LogP) is 4.91. The van der Waals surface area contributed by atoms with Crippen LogP contribution in [0.15, 0.2) is 49.1 Å². The zero-order valence-electron chi connectivity index (χ0n) is 29.9. The summed E-state index contributed by atoms with van der Waals surface area (Å²) in [6.45, 7) is 4.85. The number of hydrogen-bond acceptors (Lipinski definition) is 10. The van der Waals surface area contributed by atoms with Crippen LogP contribution >= 0.6 is 11.3 Å². The summed E-state index contributed by atoms with van der Waals surface area (Å²) in [5.74, 6) is 0.989. The maximum absolute atomic E-state index is 13.5. The molecular formula is C36H42N10O6S. The van der Waals surface area contributed by atoms with E-state index in [4.69, 9.17) is 9.72 Å². The number of nitrogens with one attached hydrogen (secondary N) is 4. The van der Waals surface area contributed by atoms with Crippen molar-refractivity contribution in [3.05, 3.63) is 60.7 Å². The smallest absolute Gasteiger partial charge is 0.407 e. The SMILES string of the molecule is COC(=O)NCC(=O)N1CCCC1c1ncc(-c2cn3cc(-c4ccc(-c5cnc([C@@H]6CCCN6C(=O)[C@@H](NC(=O)OC)C(C)C)[nH]5)cc4)nc3s2)[nH]1. The lowest BCUT2D eigenvalue weighted by Gasteiger charge is -2.30. The van der Waals surface area contributed by atoms with Crippen molar-refractivity contribution in [2.75, 3.05) is 33.9 Å². The summed E-state index contributed by atoms with van der Waals surface area (Å²) in [4.78, 5) is 75.9. The average molecular weight is 743 g/mol. The lowest BCUT2D eigenvalue weighted by atomic mass is 10.0. The van der Waals surface area contributed by atoms with Gasteiger partial charge in [-0.25, -0.2) is 24.5 Å². The van der Waals surface area contributed by atoms with Crippen molar-refractivity contribution in [2.45, 2.75) is 57.7 Å². The molecule has 1 aromatic carbocycles. The number of alkyl carbamates (subject to hydrolysis) is 2. The van der Waals surface area contributed by atoms with Gasteiger partial charge in [0.15, 0.2) is 4.96 Å². The molecule has 0 aliphatic carbocycles. The van der Waals surface area contributed by atoms with E-state index in [0.717, 1.165) is 63.7 Å². The summed E-state index contributed by atoms with van der Waals surface area (Å²) in [7, 11) is 2.55. The molecule has 4 N–H and O–H groups in total. The van der Waals surface area contributed by atoms with Gasteiger partial charge in [-0.15, -0.1) is 0 Å². The van der Waals surface area contributed by atoms with E-state index in [-0.39, 0.29) is 36.4 Å². The summed E-state index contributed by atoms with van der Waals surface area (Å²) in [5, 5.41) is 5.15. The third-order valence-corrected chi connectivity index (χ3v) is 10.8. The number of carbonyl (C=O) groups is 4. The molecule has 3 atom stereocenters. The fraction of sp³-hybridized carbons (Fsp3) is 0.417. The number of thiazole rings is 1. The van der Waals surface area contributed by atoms with Crippen LogP contribution in [0, 0.1) is 5.92 Å². The Hall–Kier alpha value is -5.71. The Kier molecular flexibility index (Phi) is 10.2. The van der Waals surface area contributed by atoms with Crippen molar-refractivity contribution in [2.24, 2.45) is 5.92 Å². The Morgan fingerprint density at radius 1 is 0.868 bits per heavy atom. The highest BCUT2D eigenvalue weighted by atomic mass is 32.1. The third kappa shape index (κ3) is 7.33. The minimum absolute atomic E-state index is 0.107. The average Bonchev–Trinajstić information content (AvgIpc) is 4.01. The molecule has 16 nitrogen and oxygen atoms in total. The molecule has 2 fully saturated rings. The molecule has 278 valence electrons. The van der Waals surface area contributed by atoms with Gasteiger partial charge in [0.25, 0.3) is 0 Å². The first-order valence-electron chi connectivity index (χ1n) is 17.6.